The number of nitrogens with zero attached hydrogens (tertiary/aromatic N) is 2. The molecule has 142 valence electrons. The number of carbonyl (C=O) groups is 1. The van der Waals surface area contributed by atoms with Crippen LogP contribution < -0.4 is 14.8 Å². The van der Waals surface area contributed by atoms with Crippen molar-refractivity contribution in [3.8, 4) is 5.75 Å². The second-order valence-corrected chi connectivity index (χ2v) is 7.83. The minimum atomic E-state index is -3.59. The fourth-order valence-corrected chi connectivity index (χ4v) is 3.33. The fraction of sp³-hybridized carbons (Fsp3) is 0.222. The molecule has 3 aromatic rings. The predicted octanol–water partition coefficient (Wildman–Crippen LogP) is 1.58. The van der Waals surface area contributed by atoms with E-state index in [-0.39, 0.29) is 24.8 Å². The van der Waals surface area contributed by atoms with Gasteiger partial charge in [-0.1, -0.05) is 17.7 Å². The third kappa shape index (κ3) is 5.45. The summed E-state index contributed by atoms with van der Waals surface area (Å²) in [4.78, 5) is 11.8. The van der Waals surface area contributed by atoms with Gasteiger partial charge in [0.25, 0.3) is 5.91 Å². The minimum Gasteiger partial charge on any atom is -0.484 e. The number of hydrogen-bond acceptors (Lipinski definition) is 5. The first-order valence-electron chi connectivity index (χ1n) is 8.31. The third-order valence-corrected chi connectivity index (χ3v) is 5.05. The molecule has 0 unspecified atom stereocenters. The van der Waals surface area contributed by atoms with E-state index in [1.165, 1.54) is 0 Å². The van der Waals surface area contributed by atoms with E-state index in [2.05, 4.69) is 15.1 Å². The number of hydrogen-bond donors (Lipinski definition) is 2. The molecule has 1 aromatic carbocycles. The molecule has 0 spiro atoms. The van der Waals surface area contributed by atoms with Gasteiger partial charge in [0.1, 0.15) is 5.75 Å². The molecule has 27 heavy (non-hydrogen) atoms. The van der Waals surface area contributed by atoms with Gasteiger partial charge in [0.15, 0.2) is 6.61 Å². The van der Waals surface area contributed by atoms with Gasteiger partial charge < -0.3 is 10.1 Å². The average molecular weight is 388 g/mol. The number of nitrogens with one attached hydrogen (secondary N) is 2. The molecule has 0 saturated heterocycles. The molecule has 0 saturated carbocycles. The van der Waals surface area contributed by atoms with Crippen molar-refractivity contribution < 1.29 is 17.9 Å². The van der Waals surface area contributed by atoms with E-state index >= 15 is 0 Å². The van der Waals surface area contributed by atoms with Crippen molar-refractivity contribution in [1.29, 1.82) is 0 Å². The summed E-state index contributed by atoms with van der Waals surface area (Å²) in [6.45, 7) is 1.77. The molecule has 0 bridgehead atoms. The molecule has 2 aromatic heterocycles. The Kier molecular flexibility index (Phi) is 5.60. The first-order valence-corrected chi connectivity index (χ1v) is 9.97. The molecular weight excluding hydrogens is 368 g/mol. The Bertz CT molecular complexity index is 1030. The molecule has 2 heterocycles. The first-order chi connectivity index (χ1) is 12.9. The van der Waals surface area contributed by atoms with Crippen molar-refractivity contribution >= 4 is 27.1 Å². The Morgan fingerprint density at radius 3 is 2.74 bits per heavy atom. The molecule has 8 nitrogen and oxygen atoms in total. The Morgan fingerprint density at radius 1 is 1.19 bits per heavy atom. The van der Waals surface area contributed by atoms with Crippen LogP contribution in [-0.4, -0.2) is 42.8 Å². The second kappa shape index (κ2) is 8.09. The predicted molar refractivity (Wildman–Crippen MR) is 102 cm³/mol. The zero-order valence-corrected chi connectivity index (χ0v) is 15.6. The summed E-state index contributed by atoms with van der Waals surface area (Å²) in [7, 11) is -3.59. The topological polar surface area (TPSA) is 102 Å². The van der Waals surface area contributed by atoms with Gasteiger partial charge in [-0.05, 0) is 37.3 Å². The highest BCUT2D eigenvalue weighted by molar-refractivity contribution is 7.92. The van der Waals surface area contributed by atoms with Crippen LogP contribution in [0.25, 0.3) is 5.52 Å². The number of anilines is 1. The molecule has 0 aliphatic heterocycles. The van der Waals surface area contributed by atoms with Gasteiger partial charge in [-0.25, -0.2) is 12.9 Å². The van der Waals surface area contributed by atoms with Crippen LogP contribution >= 0.6 is 0 Å². The summed E-state index contributed by atoms with van der Waals surface area (Å²) in [6, 6.07) is 12.4. The van der Waals surface area contributed by atoms with Crippen molar-refractivity contribution in [1.82, 2.24) is 14.9 Å². The number of pyridine rings is 1. The second-order valence-electron chi connectivity index (χ2n) is 5.99. The SMILES string of the molecule is Cc1ccc(OCC(=O)NCCS(=O)(=O)Nc2ccn3nccc3c2)cc1. The lowest BCUT2D eigenvalue weighted by atomic mass is 10.2. The Labute approximate surface area is 157 Å². The van der Waals surface area contributed by atoms with Crippen LogP contribution in [0.5, 0.6) is 5.75 Å². The van der Waals surface area contributed by atoms with Crippen LogP contribution in [0.3, 0.4) is 0 Å². The van der Waals surface area contributed by atoms with E-state index in [4.69, 9.17) is 4.74 Å². The minimum absolute atomic E-state index is 0.0135. The molecule has 0 aliphatic carbocycles. The molecule has 0 radical (unpaired) electrons. The van der Waals surface area contributed by atoms with Crippen molar-refractivity contribution in [2.75, 3.05) is 23.6 Å². The van der Waals surface area contributed by atoms with Crippen LogP contribution in [0.2, 0.25) is 0 Å². The van der Waals surface area contributed by atoms with Crippen molar-refractivity contribution in [2.24, 2.45) is 0 Å². The third-order valence-electron chi connectivity index (χ3n) is 3.76. The van der Waals surface area contributed by atoms with Gasteiger partial charge in [0, 0.05) is 18.9 Å². The van der Waals surface area contributed by atoms with Gasteiger partial charge in [0.2, 0.25) is 10.0 Å². The van der Waals surface area contributed by atoms with E-state index in [9.17, 15) is 13.2 Å². The molecule has 2 N–H and O–H groups in total. The van der Waals surface area contributed by atoms with E-state index in [0.29, 0.717) is 11.4 Å². The summed E-state index contributed by atoms with van der Waals surface area (Å²) in [5, 5.41) is 6.58. The molecular formula is C18H20N4O4S. The zero-order valence-electron chi connectivity index (χ0n) is 14.8. The fourth-order valence-electron chi connectivity index (χ4n) is 2.37. The number of sulfonamides is 1. The van der Waals surface area contributed by atoms with Gasteiger partial charge in [-0.3, -0.25) is 9.52 Å². The van der Waals surface area contributed by atoms with Gasteiger partial charge in [-0.15, -0.1) is 0 Å². The van der Waals surface area contributed by atoms with Crippen LogP contribution in [0.15, 0.2) is 54.9 Å². The van der Waals surface area contributed by atoms with Crippen LogP contribution in [0.4, 0.5) is 5.69 Å². The molecule has 0 fully saturated rings. The molecule has 0 atom stereocenters. The molecule has 9 heteroatoms. The van der Waals surface area contributed by atoms with Gasteiger partial charge in [-0.2, -0.15) is 5.10 Å². The first kappa shape index (κ1) is 18.7. The monoisotopic (exact) mass is 388 g/mol. The van der Waals surface area contributed by atoms with E-state index < -0.39 is 10.0 Å². The van der Waals surface area contributed by atoms with Crippen LogP contribution in [-0.2, 0) is 14.8 Å². The summed E-state index contributed by atoms with van der Waals surface area (Å²) < 4.78 is 33.8. The Hall–Kier alpha value is -3.07. The lowest BCUT2D eigenvalue weighted by molar-refractivity contribution is -0.122. The maximum atomic E-state index is 12.2. The highest BCUT2D eigenvalue weighted by atomic mass is 32.2. The quantitative estimate of drug-likeness (QED) is 0.610. The zero-order chi connectivity index (χ0) is 19.3. The largest absolute Gasteiger partial charge is 0.484 e. The number of carbonyl (C=O) groups excluding carboxylic acids is 1. The average Bonchev–Trinajstić information content (AvgIpc) is 3.08. The highest BCUT2D eigenvalue weighted by Gasteiger charge is 2.12. The smallest absolute Gasteiger partial charge is 0.257 e. The van der Waals surface area contributed by atoms with Crippen molar-refractivity contribution in [2.45, 2.75) is 6.92 Å². The van der Waals surface area contributed by atoms with E-state index in [1.54, 1.807) is 47.2 Å². The lowest BCUT2D eigenvalue weighted by Gasteiger charge is -2.10. The van der Waals surface area contributed by atoms with E-state index in [0.717, 1.165) is 11.1 Å². The maximum Gasteiger partial charge on any atom is 0.257 e. The Balaban J connectivity index is 1.44. The van der Waals surface area contributed by atoms with Gasteiger partial charge >= 0.3 is 0 Å². The van der Waals surface area contributed by atoms with Crippen molar-refractivity contribution in [3.05, 3.63) is 60.4 Å². The maximum absolute atomic E-state index is 12.2. The summed E-state index contributed by atoms with van der Waals surface area (Å²) in [6.07, 6.45) is 3.29. The molecule has 0 aliphatic rings. The van der Waals surface area contributed by atoms with Crippen molar-refractivity contribution in [3.63, 3.8) is 0 Å². The van der Waals surface area contributed by atoms with E-state index in [1.807, 2.05) is 19.1 Å². The molecule has 3 rings (SSSR count). The number of aromatic nitrogens is 2. The van der Waals surface area contributed by atoms with Gasteiger partial charge in [0.05, 0.1) is 17.0 Å². The normalized spacial score (nSPS) is 11.3. The lowest BCUT2D eigenvalue weighted by Crippen LogP contribution is -2.34. The number of fused-ring (bicyclic) bond motifs is 1. The highest BCUT2D eigenvalue weighted by Crippen LogP contribution is 2.13. The number of aryl methyl sites for hydroxylation is 1. The summed E-state index contributed by atoms with van der Waals surface area (Å²) in [5.74, 6) is -0.0416. The number of ether oxygens (including phenoxy) is 1. The summed E-state index contributed by atoms with van der Waals surface area (Å²) in [5.41, 5.74) is 2.31. The van der Waals surface area contributed by atoms with Crippen LogP contribution in [0, 0.1) is 6.92 Å². The standard InChI is InChI=1S/C18H20N4O4S/c1-14-2-4-17(5-3-14)26-13-18(23)19-9-11-27(24,25)21-15-7-10-22-16(12-15)6-8-20-22/h2-8,10,12,21H,9,11,13H2,1H3,(H,19,23). The number of benzene rings is 1. The number of amides is 1. The Morgan fingerprint density at radius 2 is 1.96 bits per heavy atom. The molecule has 1 amide bonds. The number of rotatable bonds is 8. The summed E-state index contributed by atoms with van der Waals surface area (Å²) >= 11 is 0. The van der Waals surface area contributed by atoms with Crippen LogP contribution in [0.1, 0.15) is 5.56 Å².